The third kappa shape index (κ3) is 5.29. The second-order valence-electron chi connectivity index (χ2n) is 7.69. The van der Waals surface area contributed by atoms with Crippen LogP contribution >= 0.6 is 0 Å². The van der Waals surface area contributed by atoms with Gasteiger partial charge in [-0.25, -0.2) is 0 Å². The van der Waals surface area contributed by atoms with E-state index in [9.17, 15) is 9.59 Å². The molecule has 1 fully saturated rings. The summed E-state index contributed by atoms with van der Waals surface area (Å²) in [6.45, 7) is 4.48. The van der Waals surface area contributed by atoms with E-state index in [0.29, 0.717) is 11.1 Å². The van der Waals surface area contributed by atoms with Crippen molar-refractivity contribution in [2.24, 2.45) is 5.73 Å². The van der Waals surface area contributed by atoms with E-state index in [2.05, 4.69) is 21.2 Å². The highest BCUT2D eigenvalue weighted by Crippen LogP contribution is 2.19. The minimum absolute atomic E-state index is 0.0997. The monoisotopic (exact) mass is 414 g/mol. The fourth-order valence-electron chi connectivity index (χ4n) is 3.79. The van der Waals surface area contributed by atoms with E-state index in [1.165, 1.54) is 0 Å². The van der Waals surface area contributed by atoms with Crippen LogP contribution < -0.4 is 16.0 Å². The molecule has 3 aromatic rings. The average molecular weight is 415 g/mol. The van der Waals surface area contributed by atoms with E-state index in [4.69, 9.17) is 5.73 Å². The van der Waals surface area contributed by atoms with Gasteiger partial charge in [0, 0.05) is 55.2 Å². The molecule has 0 atom stereocenters. The van der Waals surface area contributed by atoms with Crippen LogP contribution in [0, 0.1) is 0 Å². The summed E-state index contributed by atoms with van der Waals surface area (Å²) in [4.78, 5) is 28.5. The number of nitrogens with zero attached hydrogens (tertiary/aromatic N) is 2. The van der Waals surface area contributed by atoms with Gasteiger partial charge in [-0.3, -0.25) is 14.5 Å². The summed E-state index contributed by atoms with van der Waals surface area (Å²) in [7, 11) is 0. The Kier molecular flexibility index (Phi) is 6.29. The Morgan fingerprint density at radius 2 is 1.52 bits per heavy atom. The minimum atomic E-state index is -0.406. The zero-order chi connectivity index (χ0) is 21.6. The molecule has 1 heterocycles. The number of para-hydroxylation sites is 1. The van der Waals surface area contributed by atoms with Crippen LogP contribution in [0.3, 0.4) is 0 Å². The van der Waals surface area contributed by atoms with Crippen LogP contribution in [-0.2, 0) is 6.54 Å². The number of primary amides is 1. The molecule has 0 aliphatic carbocycles. The van der Waals surface area contributed by atoms with Gasteiger partial charge < -0.3 is 16.0 Å². The summed E-state index contributed by atoms with van der Waals surface area (Å²) in [6.07, 6.45) is 0. The third-order valence-corrected chi connectivity index (χ3v) is 5.52. The lowest BCUT2D eigenvalue weighted by molar-refractivity contribution is 0.0997. The summed E-state index contributed by atoms with van der Waals surface area (Å²) in [5, 5.41) is 2.94. The van der Waals surface area contributed by atoms with Gasteiger partial charge in [0.1, 0.15) is 0 Å². The second kappa shape index (κ2) is 9.45. The van der Waals surface area contributed by atoms with Gasteiger partial charge in [0.15, 0.2) is 0 Å². The van der Waals surface area contributed by atoms with E-state index in [-0.39, 0.29) is 5.91 Å². The van der Waals surface area contributed by atoms with Gasteiger partial charge in [0.2, 0.25) is 5.91 Å². The lowest BCUT2D eigenvalue weighted by Crippen LogP contribution is -2.46. The van der Waals surface area contributed by atoms with Gasteiger partial charge in [-0.15, -0.1) is 0 Å². The number of hydrogen-bond acceptors (Lipinski definition) is 4. The molecule has 1 aliphatic rings. The van der Waals surface area contributed by atoms with Crippen molar-refractivity contribution in [3.05, 3.63) is 95.6 Å². The largest absolute Gasteiger partial charge is 0.369 e. The smallest absolute Gasteiger partial charge is 0.255 e. The Morgan fingerprint density at radius 1 is 0.806 bits per heavy atom. The molecule has 2 amide bonds. The number of hydrogen-bond donors (Lipinski definition) is 2. The molecule has 1 saturated heterocycles. The van der Waals surface area contributed by atoms with Crippen LogP contribution in [-0.4, -0.2) is 42.9 Å². The van der Waals surface area contributed by atoms with Crippen molar-refractivity contribution in [1.82, 2.24) is 4.90 Å². The molecule has 31 heavy (non-hydrogen) atoms. The van der Waals surface area contributed by atoms with Gasteiger partial charge in [-0.05, 0) is 54.1 Å². The number of benzene rings is 3. The van der Waals surface area contributed by atoms with Crippen LogP contribution in [0.5, 0.6) is 0 Å². The molecular weight excluding hydrogens is 388 g/mol. The second-order valence-corrected chi connectivity index (χ2v) is 7.69. The predicted molar refractivity (Wildman–Crippen MR) is 123 cm³/mol. The fourth-order valence-corrected chi connectivity index (χ4v) is 3.79. The first-order valence-electron chi connectivity index (χ1n) is 10.4. The SMILES string of the molecule is NC(=O)c1ccc(N2CCN(Cc3cccc(C(=O)Nc4ccccc4)c3)CC2)cc1. The van der Waals surface area contributed by atoms with Crippen LogP contribution in [0.1, 0.15) is 26.3 Å². The van der Waals surface area contributed by atoms with Gasteiger partial charge in [-0.1, -0.05) is 30.3 Å². The van der Waals surface area contributed by atoms with Crippen LogP contribution in [0.25, 0.3) is 0 Å². The number of anilines is 2. The summed E-state index contributed by atoms with van der Waals surface area (Å²) in [5.74, 6) is -0.506. The van der Waals surface area contributed by atoms with Crippen molar-refractivity contribution in [1.29, 1.82) is 0 Å². The topological polar surface area (TPSA) is 78.7 Å². The number of carbonyl (C=O) groups is 2. The van der Waals surface area contributed by atoms with Crippen molar-refractivity contribution >= 4 is 23.2 Å². The number of piperazine rings is 1. The van der Waals surface area contributed by atoms with Crippen molar-refractivity contribution in [3.63, 3.8) is 0 Å². The average Bonchev–Trinajstić information content (AvgIpc) is 2.80. The quantitative estimate of drug-likeness (QED) is 0.648. The molecule has 0 bridgehead atoms. The molecule has 0 spiro atoms. The highest BCUT2D eigenvalue weighted by atomic mass is 16.2. The minimum Gasteiger partial charge on any atom is -0.369 e. The Bertz CT molecular complexity index is 1040. The zero-order valence-corrected chi connectivity index (χ0v) is 17.3. The molecule has 1 aliphatic heterocycles. The Hall–Kier alpha value is -3.64. The summed E-state index contributed by atoms with van der Waals surface area (Å²) >= 11 is 0. The van der Waals surface area contributed by atoms with Gasteiger partial charge in [0.05, 0.1) is 0 Å². The van der Waals surface area contributed by atoms with Crippen LogP contribution in [0.15, 0.2) is 78.9 Å². The van der Waals surface area contributed by atoms with E-state index >= 15 is 0 Å². The van der Waals surface area contributed by atoms with Crippen LogP contribution in [0.4, 0.5) is 11.4 Å². The predicted octanol–water partition coefficient (Wildman–Crippen LogP) is 3.36. The molecule has 3 N–H and O–H groups in total. The first-order chi connectivity index (χ1) is 15.1. The third-order valence-electron chi connectivity index (χ3n) is 5.52. The molecule has 158 valence electrons. The highest BCUT2D eigenvalue weighted by molar-refractivity contribution is 6.04. The number of nitrogens with two attached hydrogens (primary N) is 1. The molecular formula is C25H26N4O2. The van der Waals surface area contributed by atoms with E-state index in [0.717, 1.165) is 49.7 Å². The lowest BCUT2D eigenvalue weighted by atomic mass is 10.1. The van der Waals surface area contributed by atoms with Crippen molar-refractivity contribution < 1.29 is 9.59 Å². The maximum atomic E-state index is 12.6. The van der Waals surface area contributed by atoms with Crippen LogP contribution in [0.2, 0.25) is 0 Å². The molecule has 0 saturated carbocycles. The lowest BCUT2D eigenvalue weighted by Gasteiger charge is -2.36. The highest BCUT2D eigenvalue weighted by Gasteiger charge is 2.18. The van der Waals surface area contributed by atoms with Gasteiger partial charge >= 0.3 is 0 Å². The summed E-state index contributed by atoms with van der Waals surface area (Å²) < 4.78 is 0. The van der Waals surface area contributed by atoms with E-state index < -0.39 is 5.91 Å². The van der Waals surface area contributed by atoms with Crippen molar-refractivity contribution in [2.45, 2.75) is 6.54 Å². The Balaban J connectivity index is 1.33. The van der Waals surface area contributed by atoms with Crippen molar-refractivity contribution in [2.75, 3.05) is 36.4 Å². The van der Waals surface area contributed by atoms with E-state index in [1.807, 2.05) is 60.7 Å². The standard InChI is InChI=1S/C25H26N4O2/c26-24(30)20-9-11-23(12-10-20)29-15-13-28(14-16-29)18-19-5-4-6-21(17-19)25(31)27-22-7-2-1-3-8-22/h1-12,17H,13-16,18H2,(H2,26,30)(H,27,31). The normalized spacial score (nSPS) is 14.3. The Morgan fingerprint density at radius 3 is 2.19 bits per heavy atom. The summed E-state index contributed by atoms with van der Waals surface area (Å²) in [6, 6.07) is 24.7. The molecule has 0 unspecified atom stereocenters. The number of carbonyl (C=O) groups excluding carboxylic acids is 2. The molecule has 3 aromatic carbocycles. The molecule has 0 radical (unpaired) electrons. The number of rotatable bonds is 6. The molecule has 0 aromatic heterocycles. The first-order valence-corrected chi connectivity index (χ1v) is 10.4. The molecule has 4 rings (SSSR count). The van der Waals surface area contributed by atoms with Gasteiger partial charge in [-0.2, -0.15) is 0 Å². The molecule has 6 heteroatoms. The first kappa shape index (κ1) is 20.6. The number of nitrogens with one attached hydrogen (secondary N) is 1. The fraction of sp³-hybridized carbons (Fsp3) is 0.200. The van der Waals surface area contributed by atoms with Crippen molar-refractivity contribution in [3.8, 4) is 0 Å². The van der Waals surface area contributed by atoms with E-state index in [1.54, 1.807) is 12.1 Å². The summed E-state index contributed by atoms with van der Waals surface area (Å²) in [5.41, 5.74) is 9.52. The maximum absolute atomic E-state index is 12.6. The number of amides is 2. The van der Waals surface area contributed by atoms with Gasteiger partial charge in [0.25, 0.3) is 5.91 Å². The maximum Gasteiger partial charge on any atom is 0.255 e. The molecule has 6 nitrogen and oxygen atoms in total. The Labute approximate surface area is 182 Å². The zero-order valence-electron chi connectivity index (χ0n) is 17.3.